The third-order valence-electron chi connectivity index (χ3n) is 1.52. The maximum Gasteiger partial charge on any atom is 0.0957 e. The zero-order chi connectivity index (χ0) is 10.6. The number of rotatable bonds is 2. The van der Waals surface area contributed by atoms with E-state index in [0.717, 1.165) is 5.56 Å². The highest BCUT2D eigenvalue weighted by Crippen LogP contribution is 2.25. The van der Waals surface area contributed by atoms with Gasteiger partial charge in [0.05, 0.1) is 5.84 Å². The van der Waals surface area contributed by atoms with Crippen molar-refractivity contribution in [1.82, 2.24) is 0 Å². The summed E-state index contributed by atoms with van der Waals surface area (Å²) in [4.78, 5) is 3.90. The average Bonchev–Trinajstić information content (AvgIpc) is 2.09. The molecule has 0 amide bonds. The molecule has 0 atom stereocenters. The Morgan fingerprint density at radius 1 is 1.36 bits per heavy atom. The van der Waals surface area contributed by atoms with Gasteiger partial charge in [-0.3, -0.25) is 0 Å². The average molecular weight is 229 g/mol. The van der Waals surface area contributed by atoms with Gasteiger partial charge in [0.2, 0.25) is 0 Å². The monoisotopic (exact) mass is 228 g/mol. The van der Waals surface area contributed by atoms with Crippen LogP contribution in [0.4, 0.5) is 0 Å². The number of nitrogens with two attached hydrogens (primary N) is 1. The van der Waals surface area contributed by atoms with E-state index in [0.29, 0.717) is 15.9 Å². The van der Waals surface area contributed by atoms with Crippen molar-refractivity contribution in [2.45, 2.75) is 6.92 Å². The van der Waals surface area contributed by atoms with Crippen LogP contribution in [0.3, 0.4) is 0 Å². The Balaban J connectivity index is 2.97. The van der Waals surface area contributed by atoms with Crippen molar-refractivity contribution in [3.8, 4) is 0 Å². The Morgan fingerprint density at radius 3 is 2.43 bits per heavy atom. The van der Waals surface area contributed by atoms with Gasteiger partial charge in [-0.2, -0.15) is 0 Å². The van der Waals surface area contributed by atoms with Gasteiger partial charge in [0.25, 0.3) is 0 Å². The maximum atomic E-state index is 5.93. The van der Waals surface area contributed by atoms with Crippen molar-refractivity contribution in [3.63, 3.8) is 0 Å². The highest BCUT2D eigenvalue weighted by atomic mass is 35.5. The molecule has 0 saturated carbocycles. The van der Waals surface area contributed by atoms with Crippen LogP contribution in [0.1, 0.15) is 12.5 Å². The van der Waals surface area contributed by atoms with Crippen LogP contribution in [0.5, 0.6) is 0 Å². The molecule has 74 valence electrons. The Morgan fingerprint density at radius 2 is 1.93 bits per heavy atom. The Bertz CT molecular complexity index is 359. The molecular weight excluding hydrogens is 219 g/mol. The summed E-state index contributed by atoms with van der Waals surface area (Å²) in [5, 5.41) is 1.19. The SMILES string of the molecule is CC(N)=NC=Cc1c(Cl)cccc1Cl. The van der Waals surface area contributed by atoms with Crippen molar-refractivity contribution < 1.29 is 0 Å². The van der Waals surface area contributed by atoms with Crippen LogP contribution in [0.25, 0.3) is 6.08 Å². The molecule has 2 nitrogen and oxygen atoms in total. The first-order chi connectivity index (χ1) is 6.61. The van der Waals surface area contributed by atoms with Gasteiger partial charge in [-0.05, 0) is 25.1 Å². The molecule has 14 heavy (non-hydrogen) atoms. The van der Waals surface area contributed by atoms with E-state index in [2.05, 4.69) is 4.99 Å². The molecule has 1 rings (SSSR count). The van der Waals surface area contributed by atoms with Crippen molar-refractivity contribution >= 4 is 35.1 Å². The molecule has 4 heteroatoms. The van der Waals surface area contributed by atoms with E-state index in [1.807, 2.05) is 0 Å². The smallest absolute Gasteiger partial charge is 0.0957 e. The van der Waals surface area contributed by atoms with Crippen LogP contribution >= 0.6 is 23.2 Å². The van der Waals surface area contributed by atoms with E-state index >= 15 is 0 Å². The number of halogens is 2. The third-order valence-corrected chi connectivity index (χ3v) is 2.18. The summed E-state index contributed by atoms with van der Waals surface area (Å²) in [6.45, 7) is 1.71. The second-order valence-corrected chi connectivity index (χ2v) is 3.54. The van der Waals surface area contributed by atoms with Crippen LogP contribution in [0, 0.1) is 0 Å². The normalized spacial score (nSPS) is 12.4. The van der Waals surface area contributed by atoms with E-state index in [9.17, 15) is 0 Å². The van der Waals surface area contributed by atoms with E-state index in [1.54, 1.807) is 37.4 Å². The van der Waals surface area contributed by atoms with Gasteiger partial charge in [0.15, 0.2) is 0 Å². The number of amidine groups is 1. The molecule has 0 aliphatic rings. The second kappa shape index (κ2) is 5.03. The van der Waals surface area contributed by atoms with Crippen LogP contribution in [0.2, 0.25) is 10.0 Å². The highest BCUT2D eigenvalue weighted by molar-refractivity contribution is 6.37. The molecule has 1 aromatic rings. The number of benzene rings is 1. The summed E-state index contributed by atoms with van der Waals surface area (Å²) >= 11 is 11.9. The number of hydrogen-bond acceptors (Lipinski definition) is 1. The van der Waals surface area contributed by atoms with Crippen molar-refractivity contribution in [3.05, 3.63) is 40.0 Å². The lowest BCUT2D eigenvalue weighted by Gasteiger charge is -1.99. The summed E-state index contributed by atoms with van der Waals surface area (Å²) in [6, 6.07) is 5.33. The Hall–Kier alpha value is -0.990. The highest BCUT2D eigenvalue weighted by Gasteiger charge is 1.99. The minimum absolute atomic E-state index is 0.490. The first kappa shape index (κ1) is 11.1. The summed E-state index contributed by atoms with van der Waals surface area (Å²) in [5.74, 6) is 0.490. The number of hydrogen-bond donors (Lipinski definition) is 1. The van der Waals surface area contributed by atoms with Crippen LogP contribution < -0.4 is 5.73 Å². The molecule has 0 aliphatic carbocycles. The largest absolute Gasteiger partial charge is 0.387 e. The first-order valence-corrected chi connectivity index (χ1v) is 4.77. The fourth-order valence-electron chi connectivity index (χ4n) is 0.899. The standard InChI is InChI=1S/C10H10Cl2N2/c1-7(13)14-6-5-8-9(11)3-2-4-10(8)12/h2-6H,1H3,(H2,13,14). The molecule has 0 aliphatic heterocycles. The van der Waals surface area contributed by atoms with Gasteiger partial charge in [-0.1, -0.05) is 29.3 Å². The van der Waals surface area contributed by atoms with E-state index in [4.69, 9.17) is 28.9 Å². The fourth-order valence-corrected chi connectivity index (χ4v) is 1.42. The van der Waals surface area contributed by atoms with E-state index in [1.165, 1.54) is 0 Å². The van der Waals surface area contributed by atoms with Gasteiger partial charge in [0, 0.05) is 21.8 Å². The van der Waals surface area contributed by atoms with Crippen LogP contribution in [-0.4, -0.2) is 5.84 Å². The zero-order valence-corrected chi connectivity index (χ0v) is 9.18. The number of nitrogens with zero attached hydrogens (tertiary/aromatic N) is 1. The molecule has 2 N–H and O–H groups in total. The predicted octanol–water partition coefficient (Wildman–Crippen LogP) is 3.34. The third kappa shape index (κ3) is 3.05. The fraction of sp³-hybridized carbons (Fsp3) is 0.100. The molecule has 0 unspecified atom stereocenters. The molecule has 0 saturated heterocycles. The Labute approximate surface area is 93.0 Å². The zero-order valence-electron chi connectivity index (χ0n) is 7.67. The van der Waals surface area contributed by atoms with Gasteiger partial charge < -0.3 is 5.73 Å². The molecular formula is C10H10Cl2N2. The maximum absolute atomic E-state index is 5.93. The summed E-state index contributed by atoms with van der Waals surface area (Å²) in [6.07, 6.45) is 3.30. The molecule has 0 aromatic heterocycles. The lowest BCUT2D eigenvalue weighted by Crippen LogP contribution is -2.03. The minimum atomic E-state index is 0.490. The van der Waals surface area contributed by atoms with Gasteiger partial charge in [0.1, 0.15) is 0 Å². The second-order valence-electron chi connectivity index (χ2n) is 2.72. The minimum Gasteiger partial charge on any atom is -0.387 e. The lowest BCUT2D eigenvalue weighted by molar-refractivity contribution is 1.48. The molecule has 0 spiro atoms. The van der Waals surface area contributed by atoms with Gasteiger partial charge >= 0.3 is 0 Å². The topological polar surface area (TPSA) is 38.4 Å². The first-order valence-electron chi connectivity index (χ1n) is 4.01. The molecule has 0 bridgehead atoms. The van der Waals surface area contributed by atoms with E-state index < -0.39 is 0 Å². The van der Waals surface area contributed by atoms with Crippen molar-refractivity contribution in [2.24, 2.45) is 10.7 Å². The molecule has 0 heterocycles. The quantitative estimate of drug-likeness (QED) is 0.612. The van der Waals surface area contributed by atoms with E-state index in [-0.39, 0.29) is 0 Å². The predicted molar refractivity (Wildman–Crippen MR) is 62.8 cm³/mol. The molecule has 0 fully saturated rings. The molecule has 1 aromatic carbocycles. The van der Waals surface area contributed by atoms with Crippen LogP contribution in [0.15, 0.2) is 29.4 Å². The Kier molecular flexibility index (Phi) is 3.98. The summed E-state index contributed by atoms with van der Waals surface area (Å²) < 4.78 is 0. The van der Waals surface area contributed by atoms with Gasteiger partial charge in [-0.15, -0.1) is 0 Å². The van der Waals surface area contributed by atoms with Gasteiger partial charge in [-0.25, -0.2) is 4.99 Å². The van der Waals surface area contributed by atoms with Crippen LogP contribution in [-0.2, 0) is 0 Å². The van der Waals surface area contributed by atoms with Crippen molar-refractivity contribution in [2.75, 3.05) is 0 Å². The summed E-state index contributed by atoms with van der Waals surface area (Å²) in [5.41, 5.74) is 6.12. The summed E-state index contributed by atoms with van der Waals surface area (Å²) in [7, 11) is 0. The lowest BCUT2D eigenvalue weighted by atomic mass is 10.2. The van der Waals surface area contributed by atoms with Crippen molar-refractivity contribution in [1.29, 1.82) is 0 Å². The molecule has 0 radical (unpaired) electrons. The number of aliphatic imine (C=N–C) groups is 1.